The van der Waals surface area contributed by atoms with E-state index in [2.05, 4.69) is 11.9 Å². The topological polar surface area (TPSA) is 376 Å². The molecule has 3 aliphatic heterocycles. The number of aliphatic hydroxyl groups is 11. The van der Waals surface area contributed by atoms with Crippen molar-refractivity contribution in [3.05, 3.63) is 12.7 Å². The fourth-order valence-electron chi connectivity index (χ4n) is 6.12. The molecular formula is C30H46F3N2NaO21. The Balaban J connectivity index is 0.0000112. The molecule has 13 N–H and O–H groups in total. The van der Waals surface area contributed by atoms with Crippen LogP contribution in [-0.2, 0) is 42.8 Å². The van der Waals surface area contributed by atoms with E-state index in [1.54, 1.807) is 0 Å². The quantitative estimate of drug-likeness (QED) is 0.0477. The number of carboxylic acids is 1. The van der Waals surface area contributed by atoms with Crippen LogP contribution in [0.5, 0.6) is 0 Å². The zero-order chi connectivity index (χ0) is 42.4. The molecule has 3 rings (SSSR count). The second kappa shape index (κ2) is 21.7. The Morgan fingerprint density at radius 3 is 2.05 bits per heavy atom. The zero-order valence-corrected chi connectivity index (χ0v) is 32.3. The van der Waals surface area contributed by atoms with Gasteiger partial charge in [-0.1, -0.05) is 6.08 Å². The van der Waals surface area contributed by atoms with Crippen LogP contribution < -0.4 is 45.3 Å². The molecule has 3 fully saturated rings. The Labute approximate surface area is 342 Å². The molecule has 0 radical (unpaired) electrons. The van der Waals surface area contributed by atoms with Crippen molar-refractivity contribution < 1.29 is 147 Å². The Morgan fingerprint density at radius 1 is 0.947 bits per heavy atom. The van der Waals surface area contributed by atoms with Gasteiger partial charge >= 0.3 is 41.6 Å². The van der Waals surface area contributed by atoms with Crippen molar-refractivity contribution >= 4 is 17.8 Å². The summed E-state index contributed by atoms with van der Waals surface area (Å²) in [5.41, 5.74) is 0. The first kappa shape index (κ1) is 51.4. The number of carbonyl (C=O) groups excluding carboxylic acids is 3. The molecule has 0 aromatic carbocycles. The molecule has 0 aliphatic carbocycles. The number of carboxylic acid groups (broad SMARTS) is 1. The van der Waals surface area contributed by atoms with Gasteiger partial charge in [-0.3, -0.25) is 9.59 Å². The van der Waals surface area contributed by atoms with Gasteiger partial charge in [0, 0.05) is 13.3 Å². The molecule has 0 unspecified atom stereocenters. The number of ether oxygens (including phenoxy) is 6. The number of rotatable bonds is 17. The van der Waals surface area contributed by atoms with Gasteiger partial charge in [-0.05, 0) is 0 Å². The SMILES string of the molecule is C=C[C@@H](O)[C@H](CO[C@@H]1O[C@H](CO)[C@@H](O[C@@H]2O[C@H](CO)[C@H](O)[C@H](O[C@]3(C(=O)[O-])C[C@H](O)[C@@H](NC(C)=O)[C@H]([C@H](O)[C@H](O)CO)O3)[C@H]2O)[C@H](O)[C@H]1O)NC(=O)C(F)(F)F.[Na+]. The van der Waals surface area contributed by atoms with Gasteiger partial charge in [-0.2, -0.15) is 13.2 Å². The standard InChI is InChI=1S/C30H47F3N2O21.Na/c1-3-11(40)10(35-27(48)30(31,32)33)8-51-25-20(46)19(45)22(15(7-38)53-25)54-26-21(47)24(18(44)14(6-37)52-26)56-29(28(49)50)4-12(41)16(34-9(2)39)23(55-29)17(43)13(42)5-36;/h3,10-26,36-38,40-47H,1,4-8H2,2H3,(H,34,39)(H,35,48)(H,49,50);/q;+1/p-1/t10-,11+,12-,13+,14+,15+,16+,17+,18-,19+,20+,21+,22+,23+,24-,25+,26-,29-;/m0./s1. The normalized spacial score (nSPS) is 38.1. The largest absolute Gasteiger partial charge is 1.00 e. The van der Waals surface area contributed by atoms with Crippen molar-refractivity contribution in [3.8, 4) is 0 Å². The summed E-state index contributed by atoms with van der Waals surface area (Å²) in [6.07, 6.45) is -36.8. The molecule has 0 bridgehead atoms. The van der Waals surface area contributed by atoms with Gasteiger partial charge in [0.15, 0.2) is 12.6 Å². The number of carbonyl (C=O) groups is 3. The Kier molecular flexibility index (Phi) is 19.5. The first-order valence-electron chi connectivity index (χ1n) is 16.8. The van der Waals surface area contributed by atoms with Gasteiger partial charge in [-0.15, -0.1) is 6.58 Å². The number of aliphatic hydroxyl groups excluding tert-OH is 11. The Morgan fingerprint density at radius 2 is 1.54 bits per heavy atom. The first-order valence-corrected chi connectivity index (χ1v) is 16.8. The van der Waals surface area contributed by atoms with E-state index in [1.165, 1.54) is 5.32 Å². The molecule has 0 aromatic rings. The molecule has 3 heterocycles. The number of aliphatic carboxylic acids is 1. The molecule has 2 amide bonds. The molecule has 0 spiro atoms. The summed E-state index contributed by atoms with van der Waals surface area (Å²) in [5.74, 6) is -8.84. The molecule has 0 saturated carbocycles. The van der Waals surface area contributed by atoms with Crippen LogP contribution in [0.15, 0.2) is 12.7 Å². The summed E-state index contributed by atoms with van der Waals surface area (Å²) in [5, 5.41) is 131. The van der Waals surface area contributed by atoms with Crippen LogP contribution in [0.3, 0.4) is 0 Å². The number of halogens is 3. The van der Waals surface area contributed by atoms with Crippen LogP contribution >= 0.6 is 0 Å². The van der Waals surface area contributed by atoms with Crippen LogP contribution in [-0.4, -0.2) is 216 Å². The van der Waals surface area contributed by atoms with Crippen molar-refractivity contribution in [1.82, 2.24) is 10.6 Å². The minimum atomic E-state index is -5.37. The van der Waals surface area contributed by atoms with Gasteiger partial charge in [0.25, 0.3) is 0 Å². The molecule has 3 saturated heterocycles. The van der Waals surface area contributed by atoms with Crippen molar-refractivity contribution in [2.75, 3.05) is 26.4 Å². The van der Waals surface area contributed by atoms with Gasteiger partial charge in [0.1, 0.15) is 73.1 Å². The number of alkyl halides is 3. The maximum Gasteiger partial charge on any atom is 1.00 e. The summed E-state index contributed by atoms with van der Waals surface area (Å²) < 4.78 is 70.9. The minimum Gasteiger partial charge on any atom is -0.544 e. The molecule has 27 heteroatoms. The number of hydrogen-bond donors (Lipinski definition) is 13. The molecule has 3 aliphatic rings. The van der Waals surface area contributed by atoms with E-state index in [1.807, 2.05) is 0 Å². The van der Waals surface area contributed by atoms with E-state index in [9.17, 15) is 88.8 Å². The van der Waals surface area contributed by atoms with Crippen molar-refractivity contribution in [3.63, 3.8) is 0 Å². The van der Waals surface area contributed by atoms with E-state index < -0.39 is 167 Å². The molecule has 18 atom stereocenters. The van der Waals surface area contributed by atoms with Gasteiger partial charge in [-0.25, -0.2) is 0 Å². The fraction of sp³-hybridized carbons (Fsp3) is 0.833. The molecular weight excluding hydrogens is 804 g/mol. The third kappa shape index (κ3) is 12.2. The van der Waals surface area contributed by atoms with Gasteiger partial charge in [0.05, 0.1) is 50.7 Å². The molecule has 57 heavy (non-hydrogen) atoms. The predicted octanol–water partition coefficient (Wildman–Crippen LogP) is -11.9. The van der Waals surface area contributed by atoms with Crippen LogP contribution in [0.25, 0.3) is 0 Å². The van der Waals surface area contributed by atoms with E-state index in [-0.39, 0.29) is 29.6 Å². The number of amides is 2. The van der Waals surface area contributed by atoms with Gasteiger partial charge < -0.3 is 105 Å². The van der Waals surface area contributed by atoms with Crippen molar-refractivity contribution in [2.24, 2.45) is 0 Å². The van der Waals surface area contributed by atoms with E-state index in [0.29, 0.717) is 0 Å². The monoisotopic (exact) mass is 850 g/mol. The fourth-order valence-corrected chi connectivity index (χ4v) is 6.12. The predicted molar refractivity (Wildman–Crippen MR) is 165 cm³/mol. The minimum absolute atomic E-state index is 0. The third-order valence-electron chi connectivity index (χ3n) is 9.10. The summed E-state index contributed by atoms with van der Waals surface area (Å²) in [6.45, 7) is -0.111. The van der Waals surface area contributed by atoms with E-state index >= 15 is 0 Å². The molecule has 324 valence electrons. The van der Waals surface area contributed by atoms with Crippen LogP contribution in [0.4, 0.5) is 13.2 Å². The van der Waals surface area contributed by atoms with E-state index in [0.717, 1.165) is 13.0 Å². The first-order chi connectivity index (χ1) is 26.1. The Bertz CT molecular complexity index is 1340. The van der Waals surface area contributed by atoms with Crippen LogP contribution in [0, 0.1) is 0 Å². The Hall–Kier alpha value is -1.74. The number of nitrogens with one attached hydrogen (secondary N) is 2. The smallest absolute Gasteiger partial charge is 0.544 e. The third-order valence-corrected chi connectivity index (χ3v) is 9.10. The average Bonchev–Trinajstić information content (AvgIpc) is 3.14. The number of hydrogen-bond acceptors (Lipinski definition) is 21. The second-order valence-corrected chi connectivity index (χ2v) is 13.1. The summed E-state index contributed by atoms with van der Waals surface area (Å²) in [6, 6.07) is -3.47. The van der Waals surface area contributed by atoms with Crippen LogP contribution in [0.1, 0.15) is 13.3 Å². The summed E-state index contributed by atoms with van der Waals surface area (Å²) >= 11 is 0. The summed E-state index contributed by atoms with van der Waals surface area (Å²) in [7, 11) is 0. The zero-order valence-electron chi connectivity index (χ0n) is 30.3. The molecule has 23 nitrogen and oxygen atoms in total. The molecule has 0 aromatic heterocycles. The van der Waals surface area contributed by atoms with Crippen molar-refractivity contribution in [2.45, 2.75) is 129 Å². The second-order valence-electron chi connectivity index (χ2n) is 13.1. The van der Waals surface area contributed by atoms with Crippen molar-refractivity contribution in [1.29, 1.82) is 0 Å². The van der Waals surface area contributed by atoms with Crippen LogP contribution in [0.2, 0.25) is 0 Å². The summed E-state index contributed by atoms with van der Waals surface area (Å²) in [4.78, 5) is 35.9. The maximum absolute atomic E-state index is 12.8. The average molecular weight is 851 g/mol. The van der Waals surface area contributed by atoms with E-state index in [4.69, 9.17) is 28.4 Å². The maximum atomic E-state index is 12.8. The van der Waals surface area contributed by atoms with Gasteiger partial charge in [0.2, 0.25) is 11.7 Å².